The number of ether oxygens (including phenoxy) is 1. The zero-order valence-electron chi connectivity index (χ0n) is 10.5. The predicted octanol–water partition coefficient (Wildman–Crippen LogP) is 1.84. The lowest BCUT2D eigenvalue weighted by atomic mass is 9.93. The summed E-state index contributed by atoms with van der Waals surface area (Å²) in [6.45, 7) is 0.475. The average molecular weight is 302 g/mol. The minimum atomic E-state index is -1.04. The van der Waals surface area contributed by atoms with Gasteiger partial charge >= 0.3 is 5.97 Å². The van der Waals surface area contributed by atoms with Crippen LogP contribution in [0.4, 0.5) is 4.39 Å². The monoisotopic (exact) mass is 301 g/mol. The Balaban J connectivity index is 2.20. The van der Waals surface area contributed by atoms with Crippen molar-refractivity contribution in [3.63, 3.8) is 0 Å². The fraction of sp³-hybridized carbons (Fsp3) is 0.385. The second-order valence-electron chi connectivity index (χ2n) is 4.71. The van der Waals surface area contributed by atoms with Crippen LogP contribution in [-0.2, 0) is 9.53 Å². The molecule has 1 aromatic carbocycles. The third-order valence-electron chi connectivity index (χ3n) is 3.17. The fourth-order valence-electron chi connectivity index (χ4n) is 2.17. The van der Waals surface area contributed by atoms with Crippen LogP contribution in [0, 0.1) is 5.82 Å². The third kappa shape index (κ3) is 3.08. The minimum absolute atomic E-state index is 0.0247. The number of carbonyl (C=O) groups is 2. The SMILES string of the molecule is O=C(O)CC1(NC(=O)c2cccc(F)c2Cl)CCOC1. The number of carboxylic acid groups (broad SMARTS) is 1. The normalized spacial score (nSPS) is 21.7. The Hall–Kier alpha value is -1.66. The van der Waals surface area contributed by atoms with Gasteiger partial charge in [0.25, 0.3) is 5.91 Å². The summed E-state index contributed by atoms with van der Waals surface area (Å²) in [6.07, 6.45) is 0.129. The van der Waals surface area contributed by atoms with Gasteiger partial charge in [0.2, 0.25) is 0 Å². The Morgan fingerprint density at radius 2 is 2.25 bits per heavy atom. The highest BCUT2D eigenvalue weighted by Crippen LogP contribution is 2.25. The Labute approximate surface area is 119 Å². The van der Waals surface area contributed by atoms with Crippen molar-refractivity contribution in [3.05, 3.63) is 34.6 Å². The molecular formula is C13H13ClFNO4. The van der Waals surface area contributed by atoms with Gasteiger partial charge in [-0.15, -0.1) is 0 Å². The topological polar surface area (TPSA) is 75.6 Å². The van der Waals surface area contributed by atoms with Gasteiger partial charge in [-0.3, -0.25) is 9.59 Å². The largest absolute Gasteiger partial charge is 0.481 e. The van der Waals surface area contributed by atoms with Crippen LogP contribution in [0.1, 0.15) is 23.2 Å². The minimum Gasteiger partial charge on any atom is -0.481 e. The van der Waals surface area contributed by atoms with Gasteiger partial charge < -0.3 is 15.2 Å². The van der Waals surface area contributed by atoms with Crippen LogP contribution >= 0.6 is 11.6 Å². The molecule has 0 radical (unpaired) electrons. The number of nitrogens with one attached hydrogen (secondary N) is 1. The lowest BCUT2D eigenvalue weighted by Crippen LogP contribution is -2.50. The van der Waals surface area contributed by atoms with Crippen molar-refractivity contribution < 1.29 is 23.8 Å². The van der Waals surface area contributed by atoms with Crippen LogP contribution in [-0.4, -0.2) is 35.7 Å². The quantitative estimate of drug-likeness (QED) is 0.890. The molecule has 1 fully saturated rings. The van der Waals surface area contributed by atoms with Gasteiger partial charge in [0, 0.05) is 6.61 Å². The van der Waals surface area contributed by atoms with E-state index < -0.39 is 23.2 Å². The Morgan fingerprint density at radius 1 is 1.50 bits per heavy atom. The molecule has 1 amide bonds. The Kier molecular flexibility index (Phi) is 4.25. The molecule has 1 aliphatic heterocycles. The maximum Gasteiger partial charge on any atom is 0.305 e. The van der Waals surface area contributed by atoms with Gasteiger partial charge in [-0.1, -0.05) is 17.7 Å². The second kappa shape index (κ2) is 5.76. The van der Waals surface area contributed by atoms with Crippen molar-refractivity contribution in [1.82, 2.24) is 5.32 Å². The van der Waals surface area contributed by atoms with E-state index in [0.29, 0.717) is 13.0 Å². The summed E-state index contributed by atoms with van der Waals surface area (Å²) in [5.74, 6) is -2.35. The molecule has 20 heavy (non-hydrogen) atoms. The zero-order valence-corrected chi connectivity index (χ0v) is 11.2. The van der Waals surface area contributed by atoms with E-state index in [1.165, 1.54) is 12.1 Å². The van der Waals surface area contributed by atoms with Crippen LogP contribution < -0.4 is 5.32 Å². The first-order valence-corrected chi connectivity index (χ1v) is 6.37. The average Bonchev–Trinajstić information content (AvgIpc) is 2.79. The molecule has 0 bridgehead atoms. The van der Waals surface area contributed by atoms with Crippen LogP contribution in [0.15, 0.2) is 18.2 Å². The molecule has 2 N–H and O–H groups in total. The zero-order chi connectivity index (χ0) is 14.8. The Bertz CT molecular complexity index is 543. The number of benzene rings is 1. The molecule has 1 aliphatic rings. The van der Waals surface area contributed by atoms with E-state index in [1.807, 2.05) is 0 Å². The summed E-state index contributed by atoms with van der Waals surface area (Å²) < 4.78 is 18.5. The number of halogens is 2. The number of amides is 1. The smallest absolute Gasteiger partial charge is 0.305 e. The van der Waals surface area contributed by atoms with E-state index >= 15 is 0 Å². The van der Waals surface area contributed by atoms with Crippen molar-refractivity contribution in [2.24, 2.45) is 0 Å². The molecule has 0 spiro atoms. The molecule has 1 heterocycles. The van der Waals surface area contributed by atoms with Crippen LogP contribution in [0.3, 0.4) is 0 Å². The van der Waals surface area contributed by atoms with Crippen molar-refractivity contribution in [3.8, 4) is 0 Å². The van der Waals surface area contributed by atoms with E-state index in [4.69, 9.17) is 21.4 Å². The maximum absolute atomic E-state index is 13.3. The second-order valence-corrected chi connectivity index (χ2v) is 5.09. The van der Waals surface area contributed by atoms with Gasteiger partial charge in [0.15, 0.2) is 0 Å². The molecule has 1 atom stereocenters. The lowest BCUT2D eigenvalue weighted by Gasteiger charge is -2.27. The molecule has 1 saturated heterocycles. The van der Waals surface area contributed by atoms with E-state index in [9.17, 15) is 14.0 Å². The van der Waals surface area contributed by atoms with Gasteiger partial charge in [-0.25, -0.2) is 4.39 Å². The summed E-state index contributed by atoms with van der Waals surface area (Å²) in [4.78, 5) is 23.1. The first-order valence-electron chi connectivity index (χ1n) is 6.00. The van der Waals surface area contributed by atoms with E-state index in [2.05, 4.69) is 5.32 Å². The molecule has 0 aliphatic carbocycles. The molecule has 0 aromatic heterocycles. The van der Waals surface area contributed by atoms with Crippen LogP contribution in [0.5, 0.6) is 0 Å². The predicted molar refractivity (Wildman–Crippen MR) is 69.3 cm³/mol. The molecule has 2 rings (SSSR count). The van der Waals surface area contributed by atoms with Crippen LogP contribution in [0.25, 0.3) is 0 Å². The van der Waals surface area contributed by atoms with E-state index in [1.54, 1.807) is 0 Å². The fourth-order valence-corrected chi connectivity index (χ4v) is 2.38. The highest BCUT2D eigenvalue weighted by atomic mass is 35.5. The van der Waals surface area contributed by atoms with Crippen molar-refractivity contribution in [2.45, 2.75) is 18.4 Å². The van der Waals surface area contributed by atoms with Gasteiger partial charge in [0.1, 0.15) is 5.82 Å². The van der Waals surface area contributed by atoms with Crippen molar-refractivity contribution in [1.29, 1.82) is 0 Å². The lowest BCUT2D eigenvalue weighted by molar-refractivity contribution is -0.138. The maximum atomic E-state index is 13.3. The summed E-state index contributed by atoms with van der Waals surface area (Å²) in [5.41, 5.74) is -0.998. The van der Waals surface area contributed by atoms with Gasteiger partial charge in [-0.05, 0) is 18.6 Å². The number of hydrogen-bond acceptors (Lipinski definition) is 3. The Morgan fingerprint density at radius 3 is 2.85 bits per heavy atom. The number of carboxylic acids is 1. The molecule has 1 aromatic rings. The third-order valence-corrected chi connectivity index (χ3v) is 3.55. The summed E-state index contributed by atoms with van der Waals surface area (Å²) in [5, 5.41) is 11.3. The highest BCUT2D eigenvalue weighted by molar-refractivity contribution is 6.34. The van der Waals surface area contributed by atoms with Gasteiger partial charge in [-0.2, -0.15) is 0 Å². The first-order chi connectivity index (χ1) is 9.43. The number of aliphatic carboxylic acids is 1. The molecule has 0 saturated carbocycles. The molecular weight excluding hydrogens is 289 g/mol. The number of carbonyl (C=O) groups excluding carboxylic acids is 1. The van der Waals surface area contributed by atoms with E-state index in [-0.39, 0.29) is 23.6 Å². The standard InChI is InChI=1S/C13H13ClFNO4/c14-11-8(2-1-3-9(11)15)12(19)16-13(6-10(17)18)4-5-20-7-13/h1-3H,4-7H2,(H,16,19)(H,17,18). The van der Waals surface area contributed by atoms with Crippen molar-refractivity contribution >= 4 is 23.5 Å². The highest BCUT2D eigenvalue weighted by Gasteiger charge is 2.39. The van der Waals surface area contributed by atoms with Crippen LogP contribution in [0.2, 0.25) is 5.02 Å². The van der Waals surface area contributed by atoms with E-state index in [0.717, 1.165) is 6.07 Å². The van der Waals surface area contributed by atoms with Gasteiger partial charge in [0.05, 0.1) is 29.2 Å². The summed E-state index contributed by atoms with van der Waals surface area (Å²) >= 11 is 5.74. The molecule has 5 nitrogen and oxygen atoms in total. The molecule has 1 unspecified atom stereocenters. The molecule has 7 heteroatoms. The molecule has 108 valence electrons. The first kappa shape index (κ1) is 14.7. The number of rotatable bonds is 4. The summed E-state index contributed by atoms with van der Waals surface area (Å²) in [6, 6.07) is 3.89. The van der Waals surface area contributed by atoms with Crippen molar-refractivity contribution in [2.75, 3.05) is 13.2 Å². The number of hydrogen-bond donors (Lipinski definition) is 2. The summed E-state index contributed by atoms with van der Waals surface area (Å²) in [7, 11) is 0.